The smallest absolute Gasteiger partial charge is 0.0703 e. The predicted octanol–water partition coefficient (Wildman–Crippen LogP) is 2.42. The molecule has 94 valence electrons. The highest BCUT2D eigenvalue weighted by Crippen LogP contribution is 2.23. The highest BCUT2D eigenvalue weighted by Gasteiger charge is 2.21. The maximum atomic E-state index is 4.53. The summed E-state index contributed by atoms with van der Waals surface area (Å²) < 4.78 is 0. The van der Waals surface area contributed by atoms with Crippen molar-refractivity contribution in [3.8, 4) is 0 Å². The van der Waals surface area contributed by atoms with Gasteiger partial charge in [0.15, 0.2) is 0 Å². The summed E-state index contributed by atoms with van der Waals surface area (Å²) in [5.74, 6) is 0. The van der Waals surface area contributed by atoms with Gasteiger partial charge in [0.25, 0.3) is 0 Å². The van der Waals surface area contributed by atoms with Crippen LogP contribution in [0.2, 0.25) is 0 Å². The Kier molecular flexibility index (Phi) is 3.15. The van der Waals surface area contributed by atoms with Crippen molar-refractivity contribution in [3.63, 3.8) is 0 Å². The summed E-state index contributed by atoms with van der Waals surface area (Å²) in [6.07, 6.45) is 3.22. The Hall–Kier alpha value is -1.61. The number of nitrogens with zero attached hydrogens (tertiary/aromatic N) is 2. The molecule has 0 bridgehead atoms. The third-order valence-corrected chi connectivity index (χ3v) is 3.62. The number of fused-ring (bicyclic) bond motifs is 1. The topological polar surface area (TPSA) is 28.2 Å². The van der Waals surface area contributed by atoms with E-state index in [9.17, 15) is 0 Å². The molecule has 18 heavy (non-hydrogen) atoms. The van der Waals surface area contributed by atoms with Crippen molar-refractivity contribution in [1.29, 1.82) is 0 Å². The molecule has 1 aromatic heterocycles. The van der Waals surface area contributed by atoms with Gasteiger partial charge in [-0.1, -0.05) is 25.1 Å². The van der Waals surface area contributed by atoms with Crippen molar-refractivity contribution < 1.29 is 0 Å². The van der Waals surface area contributed by atoms with Gasteiger partial charge in [0.1, 0.15) is 0 Å². The van der Waals surface area contributed by atoms with Crippen LogP contribution < -0.4 is 10.2 Å². The van der Waals surface area contributed by atoms with Crippen LogP contribution in [0.1, 0.15) is 13.3 Å². The zero-order valence-electron chi connectivity index (χ0n) is 10.8. The zero-order valence-corrected chi connectivity index (χ0v) is 10.8. The van der Waals surface area contributed by atoms with E-state index < -0.39 is 0 Å². The van der Waals surface area contributed by atoms with E-state index in [1.807, 2.05) is 12.3 Å². The standard InChI is InChI=1S/C15H19N3/c1-2-16-13-7-8-18(11-13)14-9-12-5-3-4-6-15(12)17-10-14/h3-6,9-10,13,16H,2,7-8,11H2,1H3. The maximum Gasteiger partial charge on any atom is 0.0703 e. The number of hydrogen-bond donors (Lipinski definition) is 1. The fourth-order valence-corrected chi connectivity index (χ4v) is 2.68. The Morgan fingerprint density at radius 3 is 3.17 bits per heavy atom. The van der Waals surface area contributed by atoms with Crippen molar-refractivity contribution in [1.82, 2.24) is 10.3 Å². The summed E-state index contributed by atoms with van der Waals surface area (Å²) in [7, 11) is 0. The van der Waals surface area contributed by atoms with E-state index in [4.69, 9.17) is 0 Å². The van der Waals surface area contributed by atoms with Crippen LogP contribution in [0.15, 0.2) is 36.5 Å². The Balaban J connectivity index is 1.82. The third-order valence-electron chi connectivity index (χ3n) is 3.62. The first kappa shape index (κ1) is 11.5. The summed E-state index contributed by atoms with van der Waals surface area (Å²) >= 11 is 0. The summed E-state index contributed by atoms with van der Waals surface area (Å²) in [5, 5.41) is 4.74. The molecule has 1 aromatic carbocycles. The molecule has 0 spiro atoms. The van der Waals surface area contributed by atoms with Gasteiger partial charge >= 0.3 is 0 Å². The van der Waals surface area contributed by atoms with Crippen LogP contribution in [0.5, 0.6) is 0 Å². The number of hydrogen-bond acceptors (Lipinski definition) is 3. The van der Waals surface area contributed by atoms with Crippen LogP contribution in [0.25, 0.3) is 10.9 Å². The van der Waals surface area contributed by atoms with E-state index in [1.165, 1.54) is 17.5 Å². The monoisotopic (exact) mass is 241 g/mol. The van der Waals surface area contributed by atoms with Gasteiger partial charge in [-0.3, -0.25) is 4.98 Å². The van der Waals surface area contributed by atoms with Crippen molar-refractivity contribution in [2.24, 2.45) is 0 Å². The molecule has 1 saturated heterocycles. The maximum absolute atomic E-state index is 4.53. The lowest BCUT2D eigenvalue weighted by Crippen LogP contribution is -2.32. The first-order valence-corrected chi connectivity index (χ1v) is 6.70. The van der Waals surface area contributed by atoms with Gasteiger partial charge in [-0.2, -0.15) is 0 Å². The van der Waals surface area contributed by atoms with E-state index in [-0.39, 0.29) is 0 Å². The van der Waals surface area contributed by atoms with Crippen molar-refractivity contribution in [2.45, 2.75) is 19.4 Å². The lowest BCUT2D eigenvalue weighted by molar-refractivity contribution is 0.572. The lowest BCUT2D eigenvalue weighted by atomic mass is 10.2. The van der Waals surface area contributed by atoms with Gasteiger partial charge in [0.2, 0.25) is 0 Å². The number of rotatable bonds is 3. The molecule has 3 nitrogen and oxygen atoms in total. The van der Waals surface area contributed by atoms with Crippen molar-refractivity contribution in [3.05, 3.63) is 36.5 Å². The molecule has 0 aliphatic carbocycles. The number of anilines is 1. The Bertz CT molecular complexity index is 538. The highest BCUT2D eigenvalue weighted by molar-refractivity contribution is 5.81. The van der Waals surface area contributed by atoms with Gasteiger partial charge in [0, 0.05) is 24.5 Å². The van der Waals surface area contributed by atoms with E-state index in [0.717, 1.165) is 25.2 Å². The van der Waals surface area contributed by atoms with Crippen molar-refractivity contribution >= 4 is 16.6 Å². The van der Waals surface area contributed by atoms with Crippen LogP contribution in [-0.4, -0.2) is 30.7 Å². The molecule has 1 aliphatic rings. The molecule has 1 atom stereocenters. The molecule has 0 radical (unpaired) electrons. The molecule has 1 unspecified atom stereocenters. The Labute approximate surface area is 108 Å². The summed E-state index contributed by atoms with van der Waals surface area (Å²) in [4.78, 5) is 6.96. The fraction of sp³-hybridized carbons (Fsp3) is 0.400. The minimum absolute atomic E-state index is 0.626. The molecular formula is C15H19N3. The molecule has 2 heterocycles. The number of likely N-dealkylation sites (N-methyl/N-ethyl adjacent to an activating group) is 1. The highest BCUT2D eigenvalue weighted by atomic mass is 15.2. The second-order valence-corrected chi connectivity index (χ2v) is 4.88. The first-order valence-electron chi connectivity index (χ1n) is 6.70. The third kappa shape index (κ3) is 2.18. The van der Waals surface area contributed by atoms with E-state index in [1.54, 1.807) is 0 Å². The SMILES string of the molecule is CCNC1CCN(c2cnc3ccccc3c2)C1. The number of para-hydroxylation sites is 1. The van der Waals surface area contributed by atoms with Gasteiger partial charge in [0.05, 0.1) is 17.4 Å². The number of pyridine rings is 1. The molecule has 1 aliphatic heterocycles. The van der Waals surface area contributed by atoms with Gasteiger partial charge in [-0.05, 0) is 25.1 Å². The van der Waals surface area contributed by atoms with Gasteiger partial charge in [-0.15, -0.1) is 0 Å². The predicted molar refractivity (Wildman–Crippen MR) is 76.0 cm³/mol. The number of benzene rings is 1. The minimum Gasteiger partial charge on any atom is -0.369 e. The second kappa shape index (κ2) is 4.94. The van der Waals surface area contributed by atoms with Crippen LogP contribution in [0.4, 0.5) is 5.69 Å². The van der Waals surface area contributed by atoms with E-state index in [0.29, 0.717) is 6.04 Å². The molecule has 2 aromatic rings. The summed E-state index contributed by atoms with van der Waals surface area (Å²) in [6, 6.07) is 11.2. The van der Waals surface area contributed by atoms with Crippen LogP contribution in [0.3, 0.4) is 0 Å². The second-order valence-electron chi connectivity index (χ2n) is 4.88. The van der Waals surface area contributed by atoms with Crippen LogP contribution >= 0.6 is 0 Å². The molecular weight excluding hydrogens is 222 g/mol. The van der Waals surface area contributed by atoms with Gasteiger partial charge in [-0.25, -0.2) is 0 Å². The van der Waals surface area contributed by atoms with E-state index in [2.05, 4.69) is 46.4 Å². The Morgan fingerprint density at radius 1 is 1.39 bits per heavy atom. The largest absolute Gasteiger partial charge is 0.369 e. The fourth-order valence-electron chi connectivity index (χ4n) is 2.68. The summed E-state index contributed by atoms with van der Waals surface area (Å²) in [5.41, 5.74) is 2.32. The van der Waals surface area contributed by atoms with Gasteiger partial charge < -0.3 is 10.2 Å². The van der Waals surface area contributed by atoms with E-state index >= 15 is 0 Å². The molecule has 1 fully saturated rings. The molecule has 1 N–H and O–H groups in total. The average Bonchev–Trinajstić information content (AvgIpc) is 2.87. The minimum atomic E-state index is 0.626. The summed E-state index contributed by atoms with van der Waals surface area (Å²) in [6.45, 7) is 5.43. The molecule has 3 rings (SSSR count). The average molecular weight is 241 g/mol. The lowest BCUT2D eigenvalue weighted by Gasteiger charge is -2.19. The van der Waals surface area contributed by atoms with Crippen LogP contribution in [-0.2, 0) is 0 Å². The van der Waals surface area contributed by atoms with Crippen molar-refractivity contribution in [2.75, 3.05) is 24.5 Å². The first-order chi connectivity index (χ1) is 8.86. The number of nitrogens with one attached hydrogen (secondary N) is 1. The zero-order chi connectivity index (χ0) is 12.4. The molecule has 3 heteroatoms. The normalized spacial score (nSPS) is 19.6. The van der Waals surface area contributed by atoms with Crippen LogP contribution in [0, 0.1) is 0 Å². The number of aromatic nitrogens is 1. The Morgan fingerprint density at radius 2 is 2.28 bits per heavy atom. The quantitative estimate of drug-likeness (QED) is 0.894. The molecule has 0 saturated carbocycles. The molecule has 0 amide bonds.